The molecule has 1 atom stereocenters. The van der Waals surface area contributed by atoms with Gasteiger partial charge < -0.3 is 10.1 Å². The molecule has 0 aromatic heterocycles. The molecule has 1 heterocycles. The highest BCUT2D eigenvalue weighted by Crippen LogP contribution is 2.35. The van der Waals surface area contributed by atoms with Crippen molar-refractivity contribution < 1.29 is 9.13 Å². The molecule has 0 amide bonds. The van der Waals surface area contributed by atoms with Crippen molar-refractivity contribution in [1.82, 2.24) is 0 Å². The van der Waals surface area contributed by atoms with Crippen LogP contribution in [-0.2, 0) is 0 Å². The first-order valence-corrected chi connectivity index (χ1v) is 7.38. The molecule has 0 spiro atoms. The van der Waals surface area contributed by atoms with Crippen molar-refractivity contribution in [2.45, 2.75) is 19.4 Å². The Kier molecular flexibility index (Phi) is 3.66. The molecule has 3 rings (SSSR count). The molecular formula is C16H15BrFNO. The van der Waals surface area contributed by atoms with E-state index in [1.54, 1.807) is 6.07 Å². The largest absolute Gasteiger partial charge is 0.493 e. The van der Waals surface area contributed by atoms with E-state index in [1.165, 1.54) is 6.07 Å². The summed E-state index contributed by atoms with van der Waals surface area (Å²) in [5.74, 6) is 0.657. The lowest BCUT2D eigenvalue weighted by Gasteiger charge is -2.28. The van der Waals surface area contributed by atoms with E-state index in [1.807, 2.05) is 25.1 Å². The fraction of sp³-hybridized carbons (Fsp3) is 0.250. The number of rotatable bonds is 2. The summed E-state index contributed by atoms with van der Waals surface area (Å²) in [6, 6.07) is 11.5. The Morgan fingerprint density at radius 1 is 1.30 bits per heavy atom. The highest BCUT2D eigenvalue weighted by molar-refractivity contribution is 9.10. The van der Waals surface area contributed by atoms with E-state index in [4.69, 9.17) is 4.74 Å². The molecule has 20 heavy (non-hydrogen) atoms. The molecule has 0 aliphatic carbocycles. The minimum atomic E-state index is -0.251. The standard InChI is InChI=1S/C16H15BrFNO/c1-10-8-12(17)13(18)9-15(10)19-14-6-7-20-16-5-3-2-4-11(14)16/h2-5,8-9,14,19H,6-7H2,1H3. The van der Waals surface area contributed by atoms with Crippen LogP contribution in [0.15, 0.2) is 40.9 Å². The van der Waals surface area contributed by atoms with E-state index < -0.39 is 0 Å². The normalized spacial score (nSPS) is 17.2. The Balaban J connectivity index is 1.91. The molecule has 0 saturated heterocycles. The zero-order valence-electron chi connectivity index (χ0n) is 11.1. The van der Waals surface area contributed by atoms with E-state index in [2.05, 4.69) is 27.3 Å². The molecule has 0 fully saturated rings. The van der Waals surface area contributed by atoms with Gasteiger partial charge in [-0.1, -0.05) is 18.2 Å². The number of hydrogen-bond donors (Lipinski definition) is 1. The van der Waals surface area contributed by atoms with Crippen LogP contribution in [0, 0.1) is 12.7 Å². The van der Waals surface area contributed by atoms with Crippen molar-refractivity contribution in [2.24, 2.45) is 0 Å². The zero-order chi connectivity index (χ0) is 14.1. The molecule has 1 aliphatic heterocycles. The average Bonchev–Trinajstić information content (AvgIpc) is 2.45. The Bertz CT molecular complexity index is 644. The van der Waals surface area contributed by atoms with Gasteiger partial charge in [0.05, 0.1) is 17.1 Å². The molecular weight excluding hydrogens is 321 g/mol. The number of aryl methyl sites for hydroxylation is 1. The highest BCUT2D eigenvalue weighted by atomic mass is 79.9. The van der Waals surface area contributed by atoms with Gasteiger partial charge in [-0.25, -0.2) is 4.39 Å². The Labute approximate surface area is 126 Å². The van der Waals surface area contributed by atoms with Gasteiger partial charge in [-0.3, -0.25) is 0 Å². The van der Waals surface area contributed by atoms with Crippen molar-refractivity contribution >= 4 is 21.6 Å². The molecule has 2 nitrogen and oxygen atoms in total. The van der Waals surface area contributed by atoms with Crippen molar-refractivity contribution in [2.75, 3.05) is 11.9 Å². The average molecular weight is 336 g/mol. The number of halogens is 2. The summed E-state index contributed by atoms with van der Waals surface area (Å²) in [7, 11) is 0. The van der Waals surface area contributed by atoms with Gasteiger partial charge in [0.2, 0.25) is 0 Å². The lowest BCUT2D eigenvalue weighted by molar-refractivity contribution is 0.274. The lowest BCUT2D eigenvalue weighted by atomic mass is 10.00. The fourth-order valence-corrected chi connectivity index (χ4v) is 2.94. The smallest absolute Gasteiger partial charge is 0.139 e. The molecule has 2 aromatic rings. The van der Waals surface area contributed by atoms with E-state index >= 15 is 0 Å². The van der Waals surface area contributed by atoms with E-state index in [9.17, 15) is 4.39 Å². The number of para-hydroxylation sites is 1. The molecule has 0 saturated carbocycles. The fourth-order valence-electron chi connectivity index (χ4n) is 2.48. The van der Waals surface area contributed by atoms with E-state index in [0.29, 0.717) is 11.1 Å². The van der Waals surface area contributed by atoms with Crippen molar-refractivity contribution in [3.05, 3.63) is 57.8 Å². The topological polar surface area (TPSA) is 21.3 Å². The van der Waals surface area contributed by atoms with Gasteiger partial charge in [-0.15, -0.1) is 0 Å². The molecule has 104 valence electrons. The number of benzene rings is 2. The number of hydrogen-bond acceptors (Lipinski definition) is 2. The predicted octanol–water partition coefficient (Wildman–Crippen LogP) is 4.83. The number of fused-ring (bicyclic) bond motifs is 1. The second-order valence-corrected chi connectivity index (χ2v) is 5.81. The quantitative estimate of drug-likeness (QED) is 0.848. The Morgan fingerprint density at radius 2 is 2.10 bits per heavy atom. The molecule has 4 heteroatoms. The summed E-state index contributed by atoms with van der Waals surface area (Å²) < 4.78 is 19.8. The Morgan fingerprint density at radius 3 is 2.95 bits per heavy atom. The van der Waals surface area contributed by atoms with Crippen molar-refractivity contribution in [3.8, 4) is 5.75 Å². The maximum absolute atomic E-state index is 13.7. The summed E-state index contributed by atoms with van der Waals surface area (Å²) in [4.78, 5) is 0. The van der Waals surface area contributed by atoms with Crippen LogP contribution in [0.1, 0.15) is 23.6 Å². The first kappa shape index (κ1) is 13.4. The molecule has 1 N–H and O–H groups in total. The minimum Gasteiger partial charge on any atom is -0.493 e. The predicted molar refractivity (Wildman–Crippen MR) is 81.8 cm³/mol. The highest BCUT2D eigenvalue weighted by Gasteiger charge is 2.21. The first-order chi connectivity index (χ1) is 9.65. The maximum atomic E-state index is 13.7. The van der Waals surface area contributed by atoms with Gasteiger partial charge in [0.1, 0.15) is 11.6 Å². The Hall–Kier alpha value is -1.55. The van der Waals surface area contributed by atoms with Crippen LogP contribution >= 0.6 is 15.9 Å². The summed E-state index contributed by atoms with van der Waals surface area (Å²) in [5.41, 5.74) is 2.97. The van der Waals surface area contributed by atoms with Crippen molar-refractivity contribution in [3.63, 3.8) is 0 Å². The van der Waals surface area contributed by atoms with Gasteiger partial charge in [-0.05, 0) is 46.6 Å². The first-order valence-electron chi connectivity index (χ1n) is 6.59. The summed E-state index contributed by atoms with van der Waals surface area (Å²) >= 11 is 3.21. The second kappa shape index (κ2) is 5.44. The summed E-state index contributed by atoms with van der Waals surface area (Å²) in [5, 5.41) is 3.43. The third-order valence-electron chi connectivity index (χ3n) is 3.56. The van der Waals surface area contributed by atoms with Crippen LogP contribution in [0.2, 0.25) is 0 Å². The van der Waals surface area contributed by atoms with Crippen LogP contribution in [0.25, 0.3) is 0 Å². The third-order valence-corrected chi connectivity index (χ3v) is 4.16. The van der Waals surface area contributed by atoms with Crippen LogP contribution < -0.4 is 10.1 Å². The zero-order valence-corrected chi connectivity index (χ0v) is 12.7. The van der Waals surface area contributed by atoms with Crippen LogP contribution in [0.3, 0.4) is 0 Å². The van der Waals surface area contributed by atoms with Gasteiger partial charge >= 0.3 is 0 Å². The summed E-state index contributed by atoms with van der Waals surface area (Å²) in [6.07, 6.45) is 0.869. The number of nitrogens with one attached hydrogen (secondary N) is 1. The van der Waals surface area contributed by atoms with Gasteiger partial charge in [0.15, 0.2) is 0 Å². The van der Waals surface area contributed by atoms with Crippen LogP contribution in [-0.4, -0.2) is 6.61 Å². The van der Waals surface area contributed by atoms with E-state index in [0.717, 1.165) is 29.0 Å². The summed E-state index contributed by atoms with van der Waals surface area (Å²) in [6.45, 7) is 2.64. The molecule has 0 radical (unpaired) electrons. The number of ether oxygens (including phenoxy) is 1. The number of anilines is 1. The molecule has 0 bridgehead atoms. The molecule has 1 unspecified atom stereocenters. The molecule has 2 aromatic carbocycles. The molecule has 1 aliphatic rings. The van der Waals surface area contributed by atoms with E-state index in [-0.39, 0.29) is 11.9 Å². The SMILES string of the molecule is Cc1cc(Br)c(F)cc1NC1CCOc2ccccc21. The third kappa shape index (κ3) is 2.52. The van der Waals surface area contributed by atoms with Crippen LogP contribution in [0.5, 0.6) is 5.75 Å². The second-order valence-electron chi connectivity index (χ2n) is 4.95. The van der Waals surface area contributed by atoms with Gasteiger partial charge in [-0.2, -0.15) is 0 Å². The lowest BCUT2D eigenvalue weighted by Crippen LogP contribution is -2.20. The maximum Gasteiger partial charge on any atom is 0.139 e. The van der Waals surface area contributed by atoms with Crippen LogP contribution in [0.4, 0.5) is 10.1 Å². The monoisotopic (exact) mass is 335 g/mol. The van der Waals surface area contributed by atoms with Gasteiger partial charge in [0, 0.05) is 17.7 Å². The van der Waals surface area contributed by atoms with Crippen molar-refractivity contribution in [1.29, 1.82) is 0 Å². The minimum absolute atomic E-state index is 0.152. The van der Waals surface area contributed by atoms with Gasteiger partial charge in [0.25, 0.3) is 0 Å².